The summed E-state index contributed by atoms with van der Waals surface area (Å²) in [6.45, 7) is 0. The van der Waals surface area contributed by atoms with Gasteiger partial charge in [0.25, 0.3) is 0 Å². The van der Waals surface area contributed by atoms with Crippen molar-refractivity contribution in [1.29, 1.82) is 0 Å². The second-order valence-electron chi connectivity index (χ2n) is 13.2. The van der Waals surface area contributed by atoms with Crippen LogP contribution < -0.4 is 0 Å². The van der Waals surface area contributed by atoms with Crippen molar-refractivity contribution < 1.29 is 0 Å². The first-order valence-corrected chi connectivity index (χ1v) is 16.6. The van der Waals surface area contributed by atoms with Gasteiger partial charge in [0.2, 0.25) is 0 Å². The second-order valence-corrected chi connectivity index (χ2v) is 13.2. The van der Waals surface area contributed by atoms with Gasteiger partial charge in [0.15, 0.2) is 0 Å². The summed E-state index contributed by atoms with van der Waals surface area (Å²) in [6.07, 6.45) is 0. The van der Waals surface area contributed by atoms with Crippen molar-refractivity contribution in [1.82, 2.24) is 13.7 Å². The Kier molecular flexibility index (Phi) is 5.63. The maximum Gasteiger partial charge on any atom is 0.0489 e. The number of aromatic nitrogens is 3. The molecule has 0 atom stereocenters. The molecule has 0 aliphatic heterocycles. The third-order valence-corrected chi connectivity index (χ3v) is 10.7. The van der Waals surface area contributed by atoms with Crippen LogP contribution in [0.4, 0.5) is 0 Å². The van der Waals surface area contributed by atoms with Gasteiger partial charge in [-0.15, -0.1) is 0 Å². The molecule has 0 radical (unpaired) electrons. The molecule has 0 saturated carbocycles. The van der Waals surface area contributed by atoms with Gasteiger partial charge in [-0.25, -0.2) is 0 Å². The Balaban J connectivity index is 1.22. The normalized spacial score (nSPS) is 12.1. The molecule has 3 heterocycles. The lowest BCUT2D eigenvalue weighted by Gasteiger charge is -2.14. The zero-order valence-electron chi connectivity index (χ0n) is 27.2. The van der Waals surface area contributed by atoms with Gasteiger partial charge >= 0.3 is 0 Å². The van der Waals surface area contributed by atoms with Crippen molar-refractivity contribution in [2.45, 2.75) is 0 Å². The number of hydrogen-bond acceptors (Lipinski definition) is 0. The summed E-state index contributed by atoms with van der Waals surface area (Å²) in [5.74, 6) is 0. The van der Waals surface area contributed by atoms with Crippen LogP contribution in [0.25, 0.3) is 98.8 Å². The van der Waals surface area contributed by atoms with E-state index in [1.54, 1.807) is 0 Å². The molecule has 10 rings (SSSR count). The van der Waals surface area contributed by atoms with Crippen LogP contribution in [0, 0.1) is 0 Å². The minimum atomic E-state index is 1.22. The van der Waals surface area contributed by atoms with Crippen LogP contribution in [-0.2, 0) is 21.1 Å². The molecule has 3 aromatic heterocycles. The lowest BCUT2D eigenvalue weighted by molar-refractivity contribution is 1.01. The maximum absolute atomic E-state index is 2.40. The molecule has 0 unspecified atom stereocenters. The zero-order chi connectivity index (χ0) is 32.1. The fourth-order valence-corrected chi connectivity index (χ4v) is 8.23. The SMILES string of the molecule is Cn1c2ccccc2c2cc(-c3ccc(-c4ccc5c(c4)c4ccccc4n5C)c(-c4ccc5c(c4)c4ccccc4n5C)c3)ccc21. The van der Waals surface area contributed by atoms with Crippen molar-refractivity contribution in [3.63, 3.8) is 0 Å². The predicted octanol–water partition coefficient (Wildman–Crippen LogP) is 11.6. The molecule has 0 fully saturated rings. The third kappa shape index (κ3) is 3.76. The number of benzene rings is 7. The second kappa shape index (κ2) is 9.97. The Hall–Kier alpha value is -6.06. The van der Waals surface area contributed by atoms with Crippen molar-refractivity contribution in [2.75, 3.05) is 0 Å². The lowest BCUT2D eigenvalue weighted by Crippen LogP contribution is -1.90. The van der Waals surface area contributed by atoms with E-state index in [4.69, 9.17) is 0 Å². The number of rotatable bonds is 3. The van der Waals surface area contributed by atoms with Gasteiger partial charge in [0, 0.05) is 86.6 Å². The van der Waals surface area contributed by atoms with Crippen LogP contribution in [0.3, 0.4) is 0 Å². The summed E-state index contributed by atoms with van der Waals surface area (Å²) in [6, 6.07) is 54.0. The van der Waals surface area contributed by atoms with Gasteiger partial charge in [-0.1, -0.05) is 84.9 Å². The average molecular weight is 616 g/mol. The smallest absolute Gasteiger partial charge is 0.0489 e. The first-order chi connectivity index (χ1) is 23.5. The molecule has 3 heteroatoms. The molecule has 0 amide bonds. The molecule has 0 aliphatic rings. The number of aryl methyl sites for hydroxylation is 3. The monoisotopic (exact) mass is 615 g/mol. The molecule has 10 aromatic rings. The molecule has 3 nitrogen and oxygen atoms in total. The van der Waals surface area contributed by atoms with Crippen LogP contribution in [-0.4, -0.2) is 13.7 Å². The largest absolute Gasteiger partial charge is 0.344 e. The number of fused-ring (bicyclic) bond motifs is 9. The highest BCUT2D eigenvalue weighted by Crippen LogP contribution is 2.41. The number of hydrogen-bond donors (Lipinski definition) is 0. The molecule has 0 spiro atoms. The van der Waals surface area contributed by atoms with Crippen LogP contribution in [0.1, 0.15) is 0 Å². The van der Waals surface area contributed by atoms with E-state index >= 15 is 0 Å². The molecule has 228 valence electrons. The van der Waals surface area contributed by atoms with Gasteiger partial charge < -0.3 is 13.7 Å². The third-order valence-electron chi connectivity index (χ3n) is 10.7. The summed E-state index contributed by atoms with van der Waals surface area (Å²) in [5, 5.41) is 7.71. The van der Waals surface area contributed by atoms with E-state index in [2.05, 4.69) is 180 Å². The van der Waals surface area contributed by atoms with E-state index in [0.717, 1.165) is 0 Å². The quantitative estimate of drug-likeness (QED) is 0.188. The topological polar surface area (TPSA) is 14.8 Å². The Morgan fingerprint density at radius 3 is 1.08 bits per heavy atom. The van der Waals surface area contributed by atoms with E-state index in [1.165, 1.54) is 98.8 Å². The first-order valence-electron chi connectivity index (χ1n) is 16.6. The van der Waals surface area contributed by atoms with Gasteiger partial charge in [-0.2, -0.15) is 0 Å². The summed E-state index contributed by atoms with van der Waals surface area (Å²) in [5.41, 5.74) is 14.9. The van der Waals surface area contributed by atoms with Gasteiger partial charge in [0.05, 0.1) is 0 Å². The predicted molar refractivity (Wildman–Crippen MR) is 205 cm³/mol. The highest BCUT2D eigenvalue weighted by atomic mass is 14.9. The van der Waals surface area contributed by atoms with Crippen LogP contribution in [0.15, 0.2) is 146 Å². The summed E-state index contributed by atoms with van der Waals surface area (Å²) < 4.78 is 6.90. The van der Waals surface area contributed by atoms with Crippen molar-refractivity contribution in [3.05, 3.63) is 146 Å². The Labute approximate surface area is 278 Å². The minimum absolute atomic E-state index is 1.22. The lowest BCUT2D eigenvalue weighted by atomic mass is 9.89. The Morgan fingerprint density at radius 2 is 0.604 bits per heavy atom. The Morgan fingerprint density at radius 1 is 0.271 bits per heavy atom. The molecular weight excluding hydrogens is 583 g/mol. The van der Waals surface area contributed by atoms with Gasteiger partial charge in [-0.05, 0) is 94.0 Å². The molecule has 0 saturated heterocycles. The number of nitrogens with zero attached hydrogens (tertiary/aromatic N) is 3. The first kappa shape index (κ1) is 27.1. The summed E-state index contributed by atoms with van der Waals surface area (Å²) in [7, 11) is 6.49. The highest BCUT2D eigenvalue weighted by Gasteiger charge is 2.17. The van der Waals surface area contributed by atoms with Crippen LogP contribution in [0.5, 0.6) is 0 Å². The van der Waals surface area contributed by atoms with E-state index in [1.807, 2.05) is 0 Å². The summed E-state index contributed by atoms with van der Waals surface area (Å²) in [4.78, 5) is 0. The van der Waals surface area contributed by atoms with Crippen molar-refractivity contribution in [3.8, 4) is 33.4 Å². The fraction of sp³-hybridized carbons (Fsp3) is 0.0667. The van der Waals surface area contributed by atoms with E-state index < -0.39 is 0 Å². The van der Waals surface area contributed by atoms with E-state index in [0.29, 0.717) is 0 Å². The average Bonchev–Trinajstić information content (AvgIpc) is 3.72. The molecule has 0 aliphatic carbocycles. The molecule has 0 N–H and O–H groups in total. The van der Waals surface area contributed by atoms with Gasteiger partial charge in [0.1, 0.15) is 0 Å². The van der Waals surface area contributed by atoms with Crippen LogP contribution >= 0.6 is 0 Å². The number of para-hydroxylation sites is 3. The maximum atomic E-state index is 2.40. The fourth-order valence-electron chi connectivity index (χ4n) is 8.23. The van der Waals surface area contributed by atoms with Crippen LogP contribution in [0.2, 0.25) is 0 Å². The summed E-state index contributed by atoms with van der Waals surface area (Å²) >= 11 is 0. The van der Waals surface area contributed by atoms with Crippen molar-refractivity contribution in [2.24, 2.45) is 21.1 Å². The minimum Gasteiger partial charge on any atom is -0.344 e. The molecule has 48 heavy (non-hydrogen) atoms. The molecule has 0 bridgehead atoms. The van der Waals surface area contributed by atoms with Gasteiger partial charge in [-0.3, -0.25) is 0 Å². The highest BCUT2D eigenvalue weighted by molar-refractivity contribution is 6.12. The molecule has 7 aromatic carbocycles. The van der Waals surface area contributed by atoms with E-state index in [9.17, 15) is 0 Å². The van der Waals surface area contributed by atoms with Crippen molar-refractivity contribution >= 4 is 65.4 Å². The Bertz CT molecular complexity index is 2930. The molecular formula is C45H33N3. The van der Waals surface area contributed by atoms with E-state index in [-0.39, 0.29) is 0 Å². The standard InChI is InChI=1S/C45H33N3/c1-46-40-13-7-4-10-33(40)37-25-29(17-21-43(37)46)28-16-20-32(30-18-22-44-38(26-30)34-11-5-8-14-41(34)47(44)2)36(24-28)31-19-23-45-39(27-31)35-12-6-9-15-42(35)48(45)3/h4-27H,1-3H3. The zero-order valence-corrected chi connectivity index (χ0v) is 27.2.